The number of carbonyl (C=O) groups excluding carboxylic acids is 1. The molecule has 1 N–H and O–H groups in total. The van der Waals surface area contributed by atoms with Crippen LogP contribution in [0.15, 0.2) is 63.9 Å². The Balaban J connectivity index is 1.54. The number of aromatic amines is 1. The smallest absolute Gasteiger partial charge is 0.249 e. The van der Waals surface area contributed by atoms with Gasteiger partial charge in [0.15, 0.2) is 0 Å². The number of hydrogen-bond acceptors (Lipinski definition) is 4. The number of rotatable bonds is 4. The first-order valence-corrected chi connectivity index (χ1v) is 9.36. The highest BCUT2D eigenvalue weighted by Gasteiger charge is 2.22. The van der Waals surface area contributed by atoms with Gasteiger partial charge in [-0.3, -0.25) is 9.59 Å². The fraction of sp³-hybridized carbons (Fsp3) is 0.174. The molecule has 29 heavy (non-hydrogen) atoms. The van der Waals surface area contributed by atoms with Gasteiger partial charge in [-0.05, 0) is 43.7 Å². The number of nitrogens with one attached hydrogen (secondary N) is 1. The Morgan fingerprint density at radius 3 is 2.83 bits per heavy atom. The van der Waals surface area contributed by atoms with E-state index in [1.54, 1.807) is 30.3 Å². The second-order valence-corrected chi connectivity index (χ2v) is 7.07. The third kappa shape index (κ3) is 3.57. The number of carbonyl (C=O) groups is 1. The van der Waals surface area contributed by atoms with Crippen LogP contribution in [0.4, 0.5) is 0 Å². The zero-order chi connectivity index (χ0) is 20.5. The van der Waals surface area contributed by atoms with Crippen LogP contribution in [0.2, 0.25) is 0 Å². The highest BCUT2D eigenvalue weighted by atomic mass is 16.3. The van der Waals surface area contributed by atoms with E-state index in [1.165, 1.54) is 12.1 Å². The van der Waals surface area contributed by atoms with Crippen molar-refractivity contribution in [2.24, 2.45) is 0 Å². The molecule has 0 bridgehead atoms. The Morgan fingerprint density at radius 2 is 2.03 bits per heavy atom. The van der Waals surface area contributed by atoms with Gasteiger partial charge in [-0.2, -0.15) is 0 Å². The second-order valence-electron chi connectivity index (χ2n) is 7.07. The summed E-state index contributed by atoms with van der Waals surface area (Å²) in [4.78, 5) is 32.6. The van der Waals surface area contributed by atoms with Gasteiger partial charge in [-0.25, -0.2) is 4.98 Å². The summed E-state index contributed by atoms with van der Waals surface area (Å²) in [5, 5.41) is 1.87. The molecule has 1 atom stereocenters. The summed E-state index contributed by atoms with van der Waals surface area (Å²) in [6.07, 6.45) is 4.85. The lowest BCUT2D eigenvalue weighted by Gasteiger charge is -2.22. The number of nitrogens with zero attached hydrogens (tertiary/aromatic N) is 2. The van der Waals surface area contributed by atoms with Gasteiger partial charge in [0, 0.05) is 41.7 Å². The topological polar surface area (TPSA) is 79.2 Å². The van der Waals surface area contributed by atoms with Crippen LogP contribution < -0.4 is 5.56 Å². The van der Waals surface area contributed by atoms with Gasteiger partial charge in [-0.15, -0.1) is 0 Å². The van der Waals surface area contributed by atoms with Crippen LogP contribution >= 0.6 is 0 Å². The van der Waals surface area contributed by atoms with Crippen LogP contribution in [-0.4, -0.2) is 27.8 Å². The molecule has 0 saturated carbocycles. The second kappa shape index (κ2) is 7.39. The summed E-state index contributed by atoms with van der Waals surface area (Å²) < 4.78 is 6.00. The molecule has 1 aromatic carbocycles. The van der Waals surface area contributed by atoms with Gasteiger partial charge in [0.05, 0.1) is 6.04 Å². The van der Waals surface area contributed by atoms with E-state index in [4.69, 9.17) is 4.42 Å². The number of aromatic nitrogens is 2. The molecule has 0 saturated heterocycles. The zero-order valence-electron chi connectivity index (χ0n) is 16.5. The number of para-hydroxylation sites is 1. The van der Waals surface area contributed by atoms with Crippen molar-refractivity contribution in [2.45, 2.75) is 19.9 Å². The van der Waals surface area contributed by atoms with Crippen LogP contribution in [-0.2, 0) is 4.79 Å². The first-order valence-electron chi connectivity index (χ1n) is 9.36. The number of aryl methyl sites for hydroxylation is 1. The molecule has 1 amide bonds. The summed E-state index contributed by atoms with van der Waals surface area (Å²) in [5.41, 5.74) is 2.97. The minimum Gasteiger partial charge on any atom is -0.459 e. The highest BCUT2D eigenvalue weighted by Crippen LogP contribution is 2.31. The molecule has 0 aliphatic carbocycles. The third-order valence-electron chi connectivity index (χ3n) is 5.20. The van der Waals surface area contributed by atoms with E-state index in [-0.39, 0.29) is 17.5 Å². The number of furan rings is 1. The number of likely N-dealkylation sites (N-methyl/N-ethyl adjacent to an activating group) is 1. The fourth-order valence-electron chi connectivity index (χ4n) is 3.39. The molecule has 3 aromatic heterocycles. The fourth-order valence-corrected chi connectivity index (χ4v) is 3.39. The van der Waals surface area contributed by atoms with Gasteiger partial charge in [-0.1, -0.05) is 18.2 Å². The van der Waals surface area contributed by atoms with Crippen LogP contribution in [0.5, 0.6) is 0 Å². The van der Waals surface area contributed by atoms with Gasteiger partial charge >= 0.3 is 0 Å². The molecule has 0 aliphatic heterocycles. The average molecular weight is 387 g/mol. The lowest BCUT2D eigenvalue weighted by atomic mass is 10.1. The maximum atomic E-state index is 12.7. The molecule has 4 rings (SSSR count). The van der Waals surface area contributed by atoms with E-state index >= 15 is 0 Å². The van der Waals surface area contributed by atoms with Gasteiger partial charge in [0.25, 0.3) is 0 Å². The minimum atomic E-state index is -0.209. The van der Waals surface area contributed by atoms with E-state index in [0.29, 0.717) is 5.65 Å². The van der Waals surface area contributed by atoms with Crippen molar-refractivity contribution in [2.75, 3.05) is 7.05 Å². The average Bonchev–Trinajstić information content (AvgIpc) is 3.07. The van der Waals surface area contributed by atoms with E-state index in [0.717, 1.165) is 33.2 Å². The Bertz CT molecular complexity index is 1300. The third-order valence-corrected chi connectivity index (χ3v) is 5.20. The van der Waals surface area contributed by atoms with Crippen molar-refractivity contribution in [3.63, 3.8) is 0 Å². The summed E-state index contributed by atoms with van der Waals surface area (Å²) in [5.74, 6) is 0.644. The van der Waals surface area contributed by atoms with Crippen LogP contribution in [0.1, 0.15) is 29.9 Å². The lowest BCUT2D eigenvalue weighted by molar-refractivity contribution is -0.126. The van der Waals surface area contributed by atoms with E-state index < -0.39 is 0 Å². The van der Waals surface area contributed by atoms with E-state index in [2.05, 4.69) is 9.97 Å². The van der Waals surface area contributed by atoms with Crippen molar-refractivity contribution in [3.8, 4) is 0 Å². The first-order chi connectivity index (χ1) is 13.9. The van der Waals surface area contributed by atoms with Crippen molar-refractivity contribution in [1.29, 1.82) is 0 Å². The van der Waals surface area contributed by atoms with Crippen molar-refractivity contribution in [1.82, 2.24) is 14.9 Å². The summed E-state index contributed by atoms with van der Waals surface area (Å²) >= 11 is 0. The maximum Gasteiger partial charge on any atom is 0.249 e. The standard InChI is InChI=1S/C23H21N3O3/c1-14-18-6-4-5-7-19(18)29-22(14)15(2)26(3)21(28)11-8-16-12-17-9-10-20(27)25-23(17)24-13-16/h4-13,15H,1-3H3,(H,24,25,27)/b11-8+/t15-/m1/s1. The molecule has 6 heteroatoms. The Morgan fingerprint density at radius 1 is 1.24 bits per heavy atom. The summed E-state index contributed by atoms with van der Waals surface area (Å²) in [6.45, 7) is 3.96. The molecule has 146 valence electrons. The van der Waals surface area contributed by atoms with Gasteiger partial charge < -0.3 is 14.3 Å². The lowest BCUT2D eigenvalue weighted by Crippen LogP contribution is -2.28. The normalized spacial score (nSPS) is 12.7. The Labute approximate surface area is 167 Å². The molecule has 3 heterocycles. The van der Waals surface area contributed by atoms with Crippen LogP contribution in [0.25, 0.3) is 28.1 Å². The number of hydrogen-bond donors (Lipinski definition) is 1. The first kappa shape index (κ1) is 18.7. The number of fused-ring (bicyclic) bond motifs is 2. The summed E-state index contributed by atoms with van der Waals surface area (Å²) in [7, 11) is 1.76. The Kier molecular flexibility index (Phi) is 4.76. The molecular weight excluding hydrogens is 366 g/mol. The molecule has 0 aliphatic rings. The molecule has 0 fully saturated rings. The maximum absolute atomic E-state index is 12.7. The molecule has 0 unspecified atom stereocenters. The highest BCUT2D eigenvalue weighted by molar-refractivity contribution is 5.92. The minimum absolute atomic E-state index is 0.140. The van der Waals surface area contributed by atoms with Crippen LogP contribution in [0, 0.1) is 6.92 Å². The monoisotopic (exact) mass is 387 g/mol. The van der Waals surface area contributed by atoms with E-state index in [9.17, 15) is 9.59 Å². The van der Waals surface area contributed by atoms with Gasteiger partial charge in [0.2, 0.25) is 11.5 Å². The molecule has 0 spiro atoms. The SMILES string of the molecule is Cc1c([C@@H](C)N(C)C(=O)/C=C/c2cnc3[nH]c(=O)ccc3c2)oc2ccccc12. The molecule has 6 nitrogen and oxygen atoms in total. The van der Waals surface area contributed by atoms with E-state index in [1.807, 2.05) is 44.2 Å². The van der Waals surface area contributed by atoms with Crippen molar-refractivity contribution < 1.29 is 9.21 Å². The molecule has 0 radical (unpaired) electrons. The number of benzene rings is 1. The quantitative estimate of drug-likeness (QED) is 0.532. The van der Waals surface area contributed by atoms with Crippen molar-refractivity contribution >= 4 is 34.0 Å². The number of H-pyrrole nitrogens is 1. The van der Waals surface area contributed by atoms with Gasteiger partial charge in [0.1, 0.15) is 17.0 Å². The largest absolute Gasteiger partial charge is 0.459 e. The Hall–Kier alpha value is -3.67. The number of amides is 1. The molecular formula is C23H21N3O3. The predicted molar refractivity (Wildman–Crippen MR) is 114 cm³/mol. The summed E-state index contributed by atoms with van der Waals surface area (Å²) in [6, 6.07) is 12.7. The predicted octanol–water partition coefficient (Wildman–Crippen LogP) is 4.21. The van der Waals surface area contributed by atoms with Crippen molar-refractivity contribution in [3.05, 3.63) is 82.0 Å². The zero-order valence-corrected chi connectivity index (χ0v) is 16.5. The number of pyridine rings is 2. The molecule has 4 aromatic rings. The van der Waals surface area contributed by atoms with Crippen LogP contribution in [0.3, 0.4) is 0 Å².